The van der Waals surface area contributed by atoms with Crippen LogP contribution in [0.2, 0.25) is 0 Å². The molecule has 0 atom stereocenters. The van der Waals surface area contributed by atoms with E-state index in [2.05, 4.69) is 40.4 Å². The van der Waals surface area contributed by atoms with Crippen molar-refractivity contribution in [3.05, 3.63) is 53.6 Å². The van der Waals surface area contributed by atoms with Crippen LogP contribution in [0.5, 0.6) is 17.2 Å². The second kappa shape index (κ2) is 9.28. The third-order valence-corrected chi connectivity index (χ3v) is 4.84. The Kier molecular flexibility index (Phi) is 6.54. The highest BCUT2D eigenvalue weighted by molar-refractivity contribution is 5.85. The number of nitrogens with one attached hydrogen (secondary N) is 1. The monoisotopic (exact) mass is 370 g/mol. The van der Waals surface area contributed by atoms with Gasteiger partial charge in [0, 0.05) is 17.2 Å². The topological polar surface area (TPSA) is 47.7 Å². The van der Waals surface area contributed by atoms with Gasteiger partial charge in [0.05, 0.1) is 53.7 Å². The van der Waals surface area contributed by atoms with Gasteiger partial charge in [-0.1, -0.05) is 30.3 Å². The van der Waals surface area contributed by atoms with Crippen LogP contribution in [0.4, 0.5) is 0 Å². The summed E-state index contributed by atoms with van der Waals surface area (Å²) in [6.45, 7) is 5.11. The molecule has 0 unspecified atom stereocenters. The van der Waals surface area contributed by atoms with Crippen molar-refractivity contribution < 1.29 is 19.1 Å². The fourth-order valence-electron chi connectivity index (χ4n) is 3.29. The van der Waals surface area contributed by atoms with Crippen LogP contribution in [0.3, 0.4) is 0 Å². The molecule has 0 bridgehead atoms. The summed E-state index contributed by atoms with van der Waals surface area (Å²) < 4.78 is 16.2. The zero-order valence-corrected chi connectivity index (χ0v) is 16.3. The first-order valence-electron chi connectivity index (χ1n) is 9.20. The van der Waals surface area contributed by atoms with Crippen LogP contribution in [0.25, 0.3) is 0 Å². The van der Waals surface area contributed by atoms with Crippen LogP contribution >= 0.6 is 0 Å². The summed E-state index contributed by atoms with van der Waals surface area (Å²) in [4.78, 5) is 1.59. The van der Waals surface area contributed by atoms with Crippen LogP contribution in [-0.4, -0.2) is 58.7 Å². The molecule has 1 aliphatic rings. The van der Waals surface area contributed by atoms with E-state index in [-0.39, 0.29) is 0 Å². The van der Waals surface area contributed by atoms with Crippen LogP contribution < -0.4 is 19.1 Å². The van der Waals surface area contributed by atoms with Crippen molar-refractivity contribution in [3.8, 4) is 17.2 Å². The van der Waals surface area contributed by atoms with Gasteiger partial charge in [0.25, 0.3) is 0 Å². The number of methoxy groups -OCH3 is 3. The highest BCUT2D eigenvalue weighted by Crippen LogP contribution is 2.33. The summed E-state index contributed by atoms with van der Waals surface area (Å²) in [5, 5.41) is 6.77. The number of rotatable bonds is 7. The first kappa shape index (κ1) is 19.0. The van der Waals surface area contributed by atoms with Gasteiger partial charge in [0.15, 0.2) is 11.5 Å². The lowest BCUT2D eigenvalue weighted by Gasteiger charge is -2.30. The first-order chi connectivity index (χ1) is 13.2. The molecule has 0 aliphatic carbocycles. The summed E-state index contributed by atoms with van der Waals surface area (Å²) in [5.74, 6) is 2.02. The molecule has 1 saturated heterocycles. The predicted octanol–water partition coefficient (Wildman–Crippen LogP) is 1.45. The fourth-order valence-corrected chi connectivity index (χ4v) is 3.29. The zero-order chi connectivity index (χ0) is 19.1. The number of ether oxygens (including phenoxy) is 3. The number of quaternary nitrogens is 1. The molecule has 6 heteroatoms. The minimum Gasteiger partial charge on any atom is -0.496 e. The summed E-state index contributed by atoms with van der Waals surface area (Å²) >= 11 is 0. The minimum atomic E-state index is 0.643. The molecule has 1 heterocycles. The summed E-state index contributed by atoms with van der Waals surface area (Å²) in [5.41, 5.74) is 2.26. The molecule has 0 radical (unpaired) electrons. The van der Waals surface area contributed by atoms with Gasteiger partial charge in [-0.15, -0.1) is 0 Å². The Morgan fingerprint density at radius 3 is 2.19 bits per heavy atom. The lowest BCUT2D eigenvalue weighted by atomic mass is 10.2. The Bertz CT molecular complexity index is 757. The highest BCUT2D eigenvalue weighted by Gasteiger charge is 2.19. The standard InChI is InChI=1S/C21H27N3O3/c1-25-19-14-21(27-3)20(26-2)13-18(19)15-22-24-11-9-23(10-12-24)16-17-7-5-4-6-8-17/h4-8,13-15H,9-12,16H2,1-3H3/p+1/b22-15+. The van der Waals surface area contributed by atoms with E-state index in [0.29, 0.717) is 17.2 Å². The molecular weight excluding hydrogens is 342 g/mol. The largest absolute Gasteiger partial charge is 0.496 e. The average molecular weight is 370 g/mol. The maximum absolute atomic E-state index is 5.46. The van der Waals surface area contributed by atoms with Crippen molar-refractivity contribution in [1.82, 2.24) is 5.01 Å². The lowest BCUT2D eigenvalue weighted by Crippen LogP contribution is -3.13. The van der Waals surface area contributed by atoms with E-state index in [4.69, 9.17) is 14.2 Å². The van der Waals surface area contributed by atoms with Gasteiger partial charge < -0.3 is 19.1 Å². The van der Waals surface area contributed by atoms with Crippen molar-refractivity contribution in [1.29, 1.82) is 0 Å². The highest BCUT2D eigenvalue weighted by atomic mass is 16.5. The Hall–Kier alpha value is -2.73. The summed E-state index contributed by atoms with van der Waals surface area (Å²) in [6, 6.07) is 14.4. The second-order valence-corrected chi connectivity index (χ2v) is 6.56. The molecule has 1 N–H and O–H groups in total. The SMILES string of the molecule is COc1cc(OC)c(OC)cc1/C=N/N1CC[NH+](Cc2ccccc2)CC1. The molecule has 2 aromatic rings. The Balaban J connectivity index is 1.60. The number of nitrogens with zero attached hydrogens (tertiary/aromatic N) is 2. The second-order valence-electron chi connectivity index (χ2n) is 6.56. The van der Waals surface area contributed by atoms with Gasteiger partial charge in [-0.05, 0) is 6.07 Å². The molecule has 1 fully saturated rings. The van der Waals surface area contributed by atoms with E-state index in [1.165, 1.54) is 5.56 Å². The summed E-state index contributed by atoms with van der Waals surface area (Å²) in [7, 11) is 4.88. The molecule has 0 amide bonds. The fraction of sp³-hybridized carbons (Fsp3) is 0.381. The van der Waals surface area contributed by atoms with Crippen molar-refractivity contribution in [3.63, 3.8) is 0 Å². The van der Waals surface area contributed by atoms with Crippen LogP contribution in [-0.2, 0) is 6.54 Å². The van der Waals surface area contributed by atoms with Gasteiger partial charge in [-0.3, -0.25) is 5.01 Å². The van der Waals surface area contributed by atoms with Crippen LogP contribution in [0.15, 0.2) is 47.6 Å². The molecule has 0 spiro atoms. The molecule has 1 aliphatic heterocycles. The zero-order valence-electron chi connectivity index (χ0n) is 16.3. The van der Waals surface area contributed by atoms with Crippen molar-refractivity contribution in [2.45, 2.75) is 6.54 Å². The molecule has 3 rings (SSSR count). The quantitative estimate of drug-likeness (QED) is 0.750. The molecule has 0 saturated carbocycles. The number of piperazine rings is 1. The molecular formula is C21H28N3O3+. The molecule has 0 aromatic heterocycles. The smallest absolute Gasteiger partial charge is 0.164 e. The van der Waals surface area contributed by atoms with E-state index < -0.39 is 0 Å². The van der Waals surface area contributed by atoms with E-state index >= 15 is 0 Å². The number of benzene rings is 2. The Morgan fingerprint density at radius 2 is 1.56 bits per heavy atom. The maximum atomic E-state index is 5.46. The van der Waals surface area contributed by atoms with E-state index in [1.807, 2.05) is 18.3 Å². The normalized spacial score (nSPS) is 15.1. The molecule has 144 valence electrons. The number of hydrogen-bond donors (Lipinski definition) is 1. The van der Waals surface area contributed by atoms with Gasteiger partial charge in [0.2, 0.25) is 0 Å². The predicted molar refractivity (Wildman–Crippen MR) is 106 cm³/mol. The molecule has 6 nitrogen and oxygen atoms in total. The average Bonchev–Trinajstić information content (AvgIpc) is 2.73. The number of hydrogen-bond acceptors (Lipinski definition) is 5. The van der Waals surface area contributed by atoms with Gasteiger partial charge in [-0.25, -0.2) is 0 Å². The Morgan fingerprint density at radius 1 is 0.926 bits per heavy atom. The van der Waals surface area contributed by atoms with Crippen LogP contribution in [0.1, 0.15) is 11.1 Å². The van der Waals surface area contributed by atoms with E-state index in [0.717, 1.165) is 38.3 Å². The number of hydrazone groups is 1. The van der Waals surface area contributed by atoms with Crippen LogP contribution in [0, 0.1) is 0 Å². The van der Waals surface area contributed by atoms with E-state index in [1.54, 1.807) is 26.2 Å². The van der Waals surface area contributed by atoms with Crippen molar-refractivity contribution in [2.75, 3.05) is 47.5 Å². The first-order valence-corrected chi connectivity index (χ1v) is 9.20. The van der Waals surface area contributed by atoms with Crippen molar-refractivity contribution >= 4 is 6.21 Å². The third-order valence-electron chi connectivity index (χ3n) is 4.84. The van der Waals surface area contributed by atoms with E-state index in [9.17, 15) is 0 Å². The van der Waals surface area contributed by atoms with Crippen molar-refractivity contribution in [2.24, 2.45) is 5.10 Å². The minimum absolute atomic E-state index is 0.643. The summed E-state index contributed by atoms with van der Waals surface area (Å²) in [6.07, 6.45) is 1.84. The molecule has 27 heavy (non-hydrogen) atoms. The lowest BCUT2D eigenvalue weighted by molar-refractivity contribution is -0.918. The van der Waals surface area contributed by atoms with Gasteiger partial charge in [0.1, 0.15) is 12.3 Å². The third kappa shape index (κ3) is 4.92. The Labute approximate surface area is 160 Å². The molecule has 2 aromatic carbocycles. The van der Waals surface area contributed by atoms with Gasteiger partial charge in [-0.2, -0.15) is 5.10 Å². The van der Waals surface area contributed by atoms with Gasteiger partial charge >= 0.3 is 0 Å². The maximum Gasteiger partial charge on any atom is 0.164 e.